The molecule has 0 aliphatic heterocycles. The summed E-state index contributed by atoms with van der Waals surface area (Å²) < 4.78 is 0. The number of hydrogen-bond donors (Lipinski definition) is 0. The van der Waals surface area contributed by atoms with Gasteiger partial charge in [-0.15, -0.1) is 0 Å². The van der Waals surface area contributed by atoms with Gasteiger partial charge in [0.15, 0.2) is 0 Å². The lowest BCUT2D eigenvalue weighted by Crippen LogP contribution is -1.82. The van der Waals surface area contributed by atoms with Crippen LogP contribution < -0.4 is 0 Å². The first-order valence-electron chi connectivity index (χ1n) is 4.59. The first-order valence-corrected chi connectivity index (χ1v) is 6.48. The monoisotopic (exact) mass is 324 g/mol. The Balaban J connectivity index is 2.64. The first-order chi connectivity index (χ1) is 7.99. The topological polar surface area (TPSA) is 0 Å². The number of hydrogen-bond acceptors (Lipinski definition) is 0. The van der Waals surface area contributed by atoms with Gasteiger partial charge in [0.1, 0.15) is 0 Å². The molecule has 0 saturated heterocycles. The molecule has 0 aliphatic rings. The third kappa shape index (κ3) is 2.83. The number of rotatable bonds is 1. The van der Waals surface area contributed by atoms with Gasteiger partial charge in [-0.2, -0.15) is 0 Å². The molecular formula is C12H5Cl5. The van der Waals surface area contributed by atoms with Crippen LogP contribution in [0.1, 0.15) is 0 Å². The van der Waals surface area contributed by atoms with E-state index in [1.165, 1.54) is 0 Å². The predicted octanol–water partition coefficient (Wildman–Crippen LogP) is 6.62. The van der Waals surface area contributed by atoms with Crippen molar-refractivity contribution in [3.05, 3.63) is 55.4 Å². The van der Waals surface area contributed by atoms with Crippen LogP contribution >= 0.6 is 58.0 Å². The minimum absolute atomic E-state index is 0.329. The van der Waals surface area contributed by atoms with E-state index in [0.29, 0.717) is 25.1 Å². The van der Waals surface area contributed by atoms with Crippen molar-refractivity contribution >= 4 is 58.0 Å². The SMILES string of the molecule is Clc1ccc(Cl)c(-c2cc(Cl)c(Cl)c(Cl)c2)c1. The van der Waals surface area contributed by atoms with Crippen LogP contribution in [0.25, 0.3) is 11.1 Å². The summed E-state index contributed by atoms with van der Waals surface area (Å²) in [7, 11) is 0. The molecule has 0 atom stereocenters. The average Bonchev–Trinajstić information content (AvgIpc) is 2.28. The van der Waals surface area contributed by atoms with Gasteiger partial charge in [0, 0.05) is 15.6 Å². The Morgan fingerprint density at radius 2 is 1.24 bits per heavy atom. The van der Waals surface area contributed by atoms with E-state index in [4.69, 9.17) is 58.0 Å². The summed E-state index contributed by atoms with van der Waals surface area (Å²) in [5.41, 5.74) is 1.54. The molecule has 2 aromatic carbocycles. The molecule has 0 heterocycles. The van der Waals surface area contributed by atoms with Crippen molar-refractivity contribution in [2.24, 2.45) is 0 Å². The third-order valence-electron chi connectivity index (χ3n) is 2.22. The highest BCUT2D eigenvalue weighted by molar-refractivity contribution is 6.48. The van der Waals surface area contributed by atoms with Crippen LogP contribution in [0.3, 0.4) is 0 Å². The Kier molecular flexibility index (Phi) is 4.12. The Hall–Kier alpha value is -0.110. The molecule has 0 bridgehead atoms. The maximum Gasteiger partial charge on any atom is 0.0778 e. The fourth-order valence-corrected chi connectivity index (χ4v) is 2.42. The van der Waals surface area contributed by atoms with Crippen molar-refractivity contribution in [1.29, 1.82) is 0 Å². The van der Waals surface area contributed by atoms with Crippen LogP contribution in [0.2, 0.25) is 25.1 Å². The summed E-state index contributed by atoms with van der Waals surface area (Å²) in [5, 5.41) is 2.25. The fourth-order valence-electron chi connectivity index (χ4n) is 1.43. The highest BCUT2D eigenvalue weighted by Crippen LogP contribution is 2.38. The van der Waals surface area contributed by atoms with E-state index in [2.05, 4.69) is 0 Å². The molecule has 17 heavy (non-hydrogen) atoms. The highest BCUT2D eigenvalue weighted by atomic mass is 35.5. The summed E-state index contributed by atoms with van der Waals surface area (Å²) in [6, 6.07) is 8.59. The normalized spacial score (nSPS) is 10.6. The molecule has 0 unspecified atom stereocenters. The van der Waals surface area contributed by atoms with E-state index in [-0.39, 0.29) is 0 Å². The minimum Gasteiger partial charge on any atom is -0.0843 e. The van der Waals surface area contributed by atoms with Gasteiger partial charge in [0.05, 0.1) is 15.1 Å². The molecule has 0 N–H and O–H groups in total. The number of benzene rings is 2. The molecule has 2 rings (SSSR count). The van der Waals surface area contributed by atoms with Crippen molar-refractivity contribution < 1.29 is 0 Å². The molecule has 0 saturated carbocycles. The van der Waals surface area contributed by atoms with Gasteiger partial charge in [-0.05, 0) is 35.9 Å². The van der Waals surface area contributed by atoms with Gasteiger partial charge in [-0.1, -0.05) is 58.0 Å². The summed E-state index contributed by atoms with van der Waals surface area (Å²) >= 11 is 29.8. The van der Waals surface area contributed by atoms with E-state index >= 15 is 0 Å². The molecule has 88 valence electrons. The van der Waals surface area contributed by atoms with Crippen LogP contribution in [-0.4, -0.2) is 0 Å². The Morgan fingerprint density at radius 3 is 1.82 bits per heavy atom. The van der Waals surface area contributed by atoms with Crippen LogP contribution in [0.5, 0.6) is 0 Å². The molecular weight excluding hydrogens is 321 g/mol. The van der Waals surface area contributed by atoms with Crippen LogP contribution in [0, 0.1) is 0 Å². The van der Waals surface area contributed by atoms with E-state index in [0.717, 1.165) is 11.1 Å². The summed E-state index contributed by atoms with van der Waals surface area (Å²) in [5.74, 6) is 0. The van der Waals surface area contributed by atoms with Crippen molar-refractivity contribution in [3.63, 3.8) is 0 Å². The third-order valence-corrected chi connectivity index (χ3v) is 3.98. The van der Waals surface area contributed by atoms with Crippen molar-refractivity contribution in [1.82, 2.24) is 0 Å². The standard InChI is InChI=1S/C12H5Cl5/c13-7-1-2-9(14)8(5-7)6-3-10(15)12(17)11(16)4-6/h1-5H. The molecule has 0 spiro atoms. The first kappa shape index (κ1) is 13.3. The lowest BCUT2D eigenvalue weighted by molar-refractivity contribution is 1.61. The van der Waals surface area contributed by atoms with Gasteiger partial charge in [0.2, 0.25) is 0 Å². The molecule has 0 nitrogen and oxygen atoms in total. The van der Waals surface area contributed by atoms with E-state index in [1.807, 2.05) is 0 Å². The smallest absolute Gasteiger partial charge is 0.0778 e. The van der Waals surface area contributed by atoms with Gasteiger partial charge >= 0.3 is 0 Å². The Morgan fingerprint density at radius 1 is 0.647 bits per heavy atom. The van der Waals surface area contributed by atoms with Gasteiger partial charge in [-0.3, -0.25) is 0 Å². The molecule has 0 radical (unpaired) electrons. The van der Waals surface area contributed by atoms with Crippen molar-refractivity contribution in [2.45, 2.75) is 0 Å². The summed E-state index contributed by atoms with van der Waals surface area (Å²) in [4.78, 5) is 0. The van der Waals surface area contributed by atoms with Gasteiger partial charge in [-0.25, -0.2) is 0 Å². The average molecular weight is 326 g/mol. The number of halogens is 5. The Bertz CT molecular complexity index is 554. The van der Waals surface area contributed by atoms with Crippen LogP contribution in [0.4, 0.5) is 0 Å². The molecule has 0 aliphatic carbocycles. The Labute approximate surface area is 124 Å². The molecule has 0 amide bonds. The maximum atomic E-state index is 6.10. The lowest BCUT2D eigenvalue weighted by Gasteiger charge is -2.08. The van der Waals surface area contributed by atoms with E-state index in [9.17, 15) is 0 Å². The summed E-state index contributed by atoms with van der Waals surface area (Å²) in [6.45, 7) is 0. The van der Waals surface area contributed by atoms with Crippen LogP contribution in [-0.2, 0) is 0 Å². The van der Waals surface area contributed by atoms with E-state index < -0.39 is 0 Å². The second-order valence-corrected chi connectivity index (χ2v) is 5.41. The summed E-state index contributed by atoms with van der Waals surface area (Å²) in [6.07, 6.45) is 0. The quantitative estimate of drug-likeness (QED) is 0.517. The zero-order chi connectivity index (χ0) is 12.6. The fraction of sp³-hybridized carbons (Fsp3) is 0. The minimum atomic E-state index is 0.329. The second-order valence-electron chi connectivity index (χ2n) is 3.38. The van der Waals surface area contributed by atoms with Crippen LogP contribution in [0.15, 0.2) is 30.3 Å². The molecule has 0 aromatic heterocycles. The predicted molar refractivity (Wildman–Crippen MR) is 76.9 cm³/mol. The second kappa shape index (κ2) is 5.26. The van der Waals surface area contributed by atoms with Gasteiger partial charge in [0.25, 0.3) is 0 Å². The zero-order valence-corrected chi connectivity index (χ0v) is 12.1. The highest BCUT2D eigenvalue weighted by Gasteiger charge is 2.10. The van der Waals surface area contributed by atoms with E-state index in [1.54, 1.807) is 30.3 Å². The van der Waals surface area contributed by atoms with Crippen molar-refractivity contribution in [3.8, 4) is 11.1 Å². The van der Waals surface area contributed by atoms with Gasteiger partial charge < -0.3 is 0 Å². The zero-order valence-electron chi connectivity index (χ0n) is 8.28. The lowest BCUT2D eigenvalue weighted by atomic mass is 10.1. The molecule has 2 aromatic rings. The molecule has 5 heteroatoms. The van der Waals surface area contributed by atoms with Crippen molar-refractivity contribution in [2.75, 3.05) is 0 Å². The largest absolute Gasteiger partial charge is 0.0843 e. The maximum absolute atomic E-state index is 6.10. The molecule has 0 fully saturated rings.